The highest BCUT2D eigenvalue weighted by molar-refractivity contribution is 5.40. The Balaban J connectivity index is 1.94. The van der Waals surface area contributed by atoms with E-state index in [0.717, 1.165) is 18.5 Å². The van der Waals surface area contributed by atoms with Crippen LogP contribution in [-0.4, -0.2) is 23.2 Å². The van der Waals surface area contributed by atoms with E-state index in [2.05, 4.69) is 30.2 Å². The Kier molecular flexibility index (Phi) is 3.21. The van der Waals surface area contributed by atoms with E-state index in [1.807, 2.05) is 12.3 Å². The summed E-state index contributed by atoms with van der Waals surface area (Å²) in [7, 11) is 0. The van der Waals surface area contributed by atoms with Crippen molar-refractivity contribution in [3.8, 4) is 0 Å². The Hall–Kier alpha value is -1.09. The Bertz CT molecular complexity index is 292. The van der Waals surface area contributed by atoms with E-state index in [4.69, 9.17) is 4.74 Å². The van der Waals surface area contributed by atoms with Crippen molar-refractivity contribution in [1.82, 2.24) is 4.98 Å². The zero-order valence-electron chi connectivity index (χ0n) is 9.31. The summed E-state index contributed by atoms with van der Waals surface area (Å²) in [6.07, 6.45) is 6.50. The summed E-state index contributed by atoms with van der Waals surface area (Å²) in [4.78, 5) is 4.09. The lowest BCUT2D eigenvalue weighted by atomic mass is 10.00. The second-order valence-electron chi connectivity index (χ2n) is 4.31. The quantitative estimate of drug-likeness (QED) is 0.807. The van der Waals surface area contributed by atoms with E-state index >= 15 is 0 Å². The van der Waals surface area contributed by atoms with Crippen molar-refractivity contribution >= 4 is 5.69 Å². The molecule has 2 atom stereocenters. The van der Waals surface area contributed by atoms with Gasteiger partial charge in [0.2, 0.25) is 0 Å². The van der Waals surface area contributed by atoms with E-state index in [9.17, 15) is 0 Å². The van der Waals surface area contributed by atoms with Crippen LogP contribution in [0.4, 0.5) is 5.69 Å². The molecule has 0 aliphatic carbocycles. The third-order valence-electron chi connectivity index (χ3n) is 2.73. The second-order valence-corrected chi connectivity index (χ2v) is 4.31. The van der Waals surface area contributed by atoms with Gasteiger partial charge in [0.05, 0.1) is 17.9 Å². The summed E-state index contributed by atoms with van der Waals surface area (Å²) in [6, 6.07) is 4.51. The number of hydrogen-bond acceptors (Lipinski definition) is 3. The zero-order chi connectivity index (χ0) is 10.7. The first-order chi connectivity index (χ1) is 7.24. The van der Waals surface area contributed by atoms with Crippen LogP contribution in [0.2, 0.25) is 0 Å². The standard InChI is InChI=1S/C12H18N2O/c1-9-6-12(7-10(2)15-9)14-11-4-3-5-13-8-11/h3-5,8-10,12,14H,6-7H2,1-2H3. The molecule has 0 spiro atoms. The van der Waals surface area contributed by atoms with E-state index in [-0.39, 0.29) is 0 Å². The average molecular weight is 206 g/mol. The first-order valence-corrected chi connectivity index (χ1v) is 5.56. The van der Waals surface area contributed by atoms with Gasteiger partial charge < -0.3 is 10.1 Å². The van der Waals surface area contributed by atoms with E-state index < -0.39 is 0 Å². The molecule has 2 unspecified atom stereocenters. The van der Waals surface area contributed by atoms with E-state index in [0.29, 0.717) is 18.2 Å². The van der Waals surface area contributed by atoms with Gasteiger partial charge in [-0.3, -0.25) is 4.98 Å². The Morgan fingerprint density at radius 2 is 2.07 bits per heavy atom. The average Bonchev–Trinajstić information content (AvgIpc) is 2.17. The molecule has 1 aliphatic heterocycles. The molecule has 0 bridgehead atoms. The van der Waals surface area contributed by atoms with Gasteiger partial charge in [-0.1, -0.05) is 0 Å². The van der Waals surface area contributed by atoms with Crippen LogP contribution in [0.1, 0.15) is 26.7 Å². The first kappa shape index (κ1) is 10.4. The Morgan fingerprint density at radius 3 is 2.67 bits per heavy atom. The van der Waals surface area contributed by atoms with Crippen molar-refractivity contribution in [2.75, 3.05) is 5.32 Å². The molecule has 1 aliphatic rings. The van der Waals surface area contributed by atoms with Crippen molar-refractivity contribution in [2.24, 2.45) is 0 Å². The number of aromatic nitrogens is 1. The van der Waals surface area contributed by atoms with Gasteiger partial charge >= 0.3 is 0 Å². The molecule has 1 N–H and O–H groups in total. The molecule has 1 fully saturated rings. The summed E-state index contributed by atoms with van der Waals surface area (Å²) in [5.41, 5.74) is 1.10. The maximum absolute atomic E-state index is 5.70. The minimum atomic E-state index is 0.350. The number of nitrogens with one attached hydrogen (secondary N) is 1. The van der Waals surface area contributed by atoms with Gasteiger partial charge in [-0.25, -0.2) is 0 Å². The van der Waals surface area contributed by atoms with Crippen LogP contribution in [0, 0.1) is 0 Å². The minimum absolute atomic E-state index is 0.350. The lowest BCUT2D eigenvalue weighted by Gasteiger charge is -2.33. The maximum atomic E-state index is 5.70. The SMILES string of the molecule is CC1CC(Nc2cccnc2)CC(C)O1. The van der Waals surface area contributed by atoms with Crippen molar-refractivity contribution in [2.45, 2.75) is 44.9 Å². The molecule has 0 radical (unpaired) electrons. The smallest absolute Gasteiger partial charge is 0.0570 e. The lowest BCUT2D eigenvalue weighted by molar-refractivity contribution is -0.0337. The summed E-state index contributed by atoms with van der Waals surface area (Å²) in [6.45, 7) is 4.27. The highest BCUT2D eigenvalue weighted by Crippen LogP contribution is 2.22. The summed E-state index contributed by atoms with van der Waals surface area (Å²) >= 11 is 0. The normalized spacial score (nSPS) is 31.2. The highest BCUT2D eigenvalue weighted by atomic mass is 16.5. The molecule has 0 aromatic carbocycles. The number of rotatable bonds is 2. The summed E-state index contributed by atoms with van der Waals surface area (Å²) in [5, 5.41) is 3.50. The van der Waals surface area contributed by atoms with Crippen LogP contribution >= 0.6 is 0 Å². The Labute approximate surface area is 90.9 Å². The molecule has 1 aromatic rings. The largest absolute Gasteiger partial charge is 0.381 e. The molecule has 1 aromatic heterocycles. The van der Waals surface area contributed by atoms with Crippen molar-refractivity contribution in [3.05, 3.63) is 24.5 Å². The molecule has 1 saturated heterocycles. The third-order valence-corrected chi connectivity index (χ3v) is 2.73. The predicted octanol–water partition coefficient (Wildman–Crippen LogP) is 2.45. The number of ether oxygens (including phenoxy) is 1. The molecule has 2 rings (SSSR count). The number of nitrogens with zero attached hydrogens (tertiary/aromatic N) is 1. The first-order valence-electron chi connectivity index (χ1n) is 5.56. The maximum Gasteiger partial charge on any atom is 0.0570 e. The van der Waals surface area contributed by atoms with Crippen LogP contribution in [0.5, 0.6) is 0 Å². The molecule has 0 amide bonds. The highest BCUT2D eigenvalue weighted by Gasteiger charge is 2.23. The molecular weight excluding hydrogens is 188 g/mol. The van der Waals surface area contributed by atoms with Crippen molar-refractivity contribution in [1.29, 1.82) is 0 Å². The molecule has 2 heterocycles. The van der Waals surface area contributed by atoms with Gasteiger partial charge in [-0.05, 0) is 38.8 Å². The van der Waals surface area contributed by atoms with Crippen LogP contribution in [-0.2, 0) is 4.74 Å². The fourth-order valence-electron chi connectivity index (χ4n) is 2.21. The Morgan fingerprint density at radius 1 is 1.33 bits per heavy atom. The second kappa shape index (κ2) is 4.62. The number of hydrogen-bond donors (Lipinski definition) is 1. The number of anilines is 1. The number of pyridine rings is 1. The molecule has 3 nitrogen and oxygen atoms in total. The lowest BCUT2D eigenvalue weighted by Crippen LogP contribution is -2.36. The van der Waals surface area contributed by atoms with Crippen LogP contribution < -0.4 is 5.32 Å². The minimum Gasteiger partial charge on any atom is -0.381 e. The van der Waals surface area contributed by atoms with Gasteiger partial charge in [0.15, 0.2) is 0 Å². The van der Waals surface area contributed by atoms with E-state index in [1.54, 1.807) is 6.20 Å². The van der Waals surface area contributed by atoms with Gasteiger partial charge in [-0.15, -0.1) is 0 Å². The topological polar surface area (TPSA) is 34.2 Å². The van der Waals surface area contributed by atoms with Gasteiger partial charge in [-0.2, -0.15) is 0 Å². The van der Waals surface area contributed by atoms with Gasteiger partial charge in [0, 0.05) is 18.4 Å². The molecule has 15 heavy (non-hydrogen) atoms. The monoisotopic (exact) mass is 206 g/mol. The summed E-state index contributed by atoms with van der Waals surface area (Å²) < 4.78 is 5.70. The zero-order valence-corrected chi connectivity index (χ0v) is 9.31. The molecule has 3 heteroatoms. The molecule has 82 valence electrons. The third kappa shape index (κ3) is 2.93. The van der Waals surface area contributed by atoms with Crippen LogP contribution in [0.25, 0.3) is 0 Å². The molecular formula is C12H18N2O. The fourth-order valence-corrected chi connectivity index (χ4v) is 2.21. The fraction of sp³-hybridized carbons (Fsp3) is 0.583. The van der Waals surface area contributed by atoms with Crippen molar-refractivity contribution in [3.63, 3.8) is 0 Å². The summed E-state index contributed by atoms with van der Waals surface area (Å²) in [5.74, 6) is 0. The van der Waals surface area contributed by atoms with E-state index in [1.165, 1.54) is 0 Å². The predicted molar refractivity (Wildman–Crippen MR) is 60.9 cm³/mol. The van der Waals surface area contributed by atoms with Crippen LogP contribution in [0.3, 0.4) is 0 Å². The van der Waals surface area contributed by atoms with Crippen molar-refractivity contribution < 1.29 is 4.74 Å². The van der Waals surface area contributed by atoms with Gasteiger partial charge in [0.1, 0.15) is 0 Å². The molecule has 0 saturated carbocycles. The van der Waals surface area contributed by atoms with Gasteiger partial charge in [0.25, 0.3) is 0 Å². The van der Waals surface area contributed by atoms with Crippen LogP contribution in [0.15, 0.2) is 24.5 Å².